The molecular formula is C7H12N. The van der Waals surface area contributed by atoms with E-state index in [1.165, 1.54) is 12.8 Å². The number of hydrogen-bond acceptors (Lipinski definition) is 1. The number of nitrogens with two attached hydrogens (primary N) is 1. The normalized spacial score (nSPS) is 28.4. The van der Waals surface area contributed by atoms with Gasteiger partial charge in [0.15, 0.2) is 0 Å². The van der Waals surface area contributed by atoms with Crippen LogP contribution in [0.25, 0.3) is 0 Å². The van der Waals surface area contributed by atoms with Crippen molar-refractivity contribution in [3.05, 3.63) is 18.6 Å². The van der Waals surface area contributed by atoms with Crippen molar-refractivity contribution in [1.82, 2.24) is 0 Å². The molecule has 1 aliphatic rings. The molecule has 0 saturated carbocycles. The Morgan fingerprint density at radius 3 is 2.88 bits per heavy atom. The fourth-order valence-electron chi connectivity index (χ4n) is 0.935. The van der Waals surface area contributed by atoms with Crippen molar-refractivity contribution in [3.63, 3.8) is 0 Å². The van der Waals surface area contributed by atoms with Crippen molar-refractivity contribution < 1.29 is 0 Å². The van der Waals surface area contributed by atoms with Crippen LogP contribution in [-0.2, 0) is 0 Å². The van der Waals surface area contributed by atoms with Crippen molar-refractivity contribution in [3.8, 4) is 0 Å². The van der Waals surface area contributed by atoms with Gasteiger partial charge in [0.2, 0.25) is 0 Å². The molecule has 2 N–H and O–H groups in total. The van der Waals surface area contributed by atoms with E-state index >= 15 is 0 Å². The highest BCUT2D eigenvalue weighted by Gasteiger charge is 2.03. The summed E-state index contributed by atoms with van der Waals surface area (Å²) in [5, 5.41) is 0. The van der Waals surface area contributed by atoms with Crippen LogP contribution in [0.5, 0.6) is 0 Å². The second-order valence-corrected chi connectivity index (χ2v) is 2.19. The smallest absolute Gasteiger partial charge is 0.00142 e. The fourth-order valence-corrected chi connectivity index (χ4v) is 0.935. The van der Waals surface area contributed by atoms with Gasteiger partial charge >= 0.3 is 0 Å². The quantitative estimate of drug-likeness (QED) is 0.537. The summed E-state index contributed by atoms with van der Waals surface area (Å²) in [7, 11) is 0. The highest BCUT2D eigenvalue weighted by atomic mass is 14.5. The van der Waals surface area contributed by atoms with E-state index < -0.39 is 0 Å². The monoisotopic (exact) mass is 110 g/mol. The molecular weight excluding hydrogens is 98.1 g/mol. The topological polar surface area (TPSA) is 26.0 Å². The highest BCUT2D eigenvalue weighted by Crippen LogP contribution is 2.13. The number of rotatable bonds is 1. The lowest BCUT2D eigenvalue weighted by Gasteiger charge is -2.12. The maximum absolute atomic E-state index is 5.44. The van der Waals surface area contributed by atoms with Crippen LogP contribution in [-0.4, -0.2) is 6.54 Å². The summed E-state index contributed by atoms with van der Waals surface area (Å²) in [6.07, 6.45) is 8.93. The third-order valence-electron chi connectivity index (χ3n) is 1.53. The zero-order valence-electron chi connectivity index (χ0n) is 5.01. The number of hydrogen-bond donors (Lipinski definition) is 1. The molecule has 0 bridgehead atoms. The Balaban J connectivity index is 2.32. The zero-order chi connectivity index (χ0) is 5.82. The molecule has 0 fully saturated rings. The van der Waals surface area contributed by atoms with E-state index in [-0.39, 0.29) is 0 Å². The van der Waals surface area contributed by atoms with Gasteiger partial charge in [0.25, 0.3) is 0 Å². The van der Waals surface area contributed by atoms with Crippen molar-refractivity contribution in [2.45, 2.75) is 12.8 Å². The summed E-state index contributed by atoms with van der Waals surface area (Å²) in [5.41, 5.74) is 5.44. The van der Waals surface area contributed by atoms with Crippen LogP contribution in [0.1, 0.15) is 12.8 Å². The minimum Gasteiger partial charge on any atom is -0.330 e. The summed E-state index contributed by atoms with van der Waals surface area (Å²) in [6, 6.07) is 0. The van der Waals surface area contributed by atoms with Gasteiger partial charge in [-0.2, -0.15) is 0 Å². The molecule has 1 radical (unpaired) electrons. The van der Waals surface area contributed by atoms with Gasteiger partial charge in [-0.25, -0.2) is 0 Å². The Hall–Kier alpha value is -0.300. The van der Waals surface area contributed by atoms with Gasteiger partial charge in [-0.05, 0) is 31.7 Å². The summed E-state index contributed by atoms with van der Waals surface area (Å²) in [5.74, 6) is 0.653. The van der Waals surface area contributed by atoms with Gasteiger partial charge in [-0.15, -0.1) is 0 Å². The van der Waals surface area contributed by atoms with Crippen LogP contribution >= 0.6 is 0 Å². The molecule has 1 rings (SSSR count). The zero-order valence-corrected chi connectivity index (χ0v) is 5.01. The molecule has 0 amide bonds. The van der Waals surface area contributed by atoms with E-state index in [1.54, 1.807) is 0 Å². The Morgan fingerprint density at radius 2 is 2.50 bits per heavy atom. The first kappa shape index (κ1) is 5.83. The molecule has 0 heterocycles. The first-order chi connectivity index (χ1) is 3.93. The predicted octanol–water partition coefficient (Wildman–Crippen LogP) is 1.12. The van der Waals surface area contributed by atoms with Crippen LogP contribution in [0.15, 0.2) is 12.2 Å². The molecule has 1 unspecified atom stereocenters. The Morgan fingerprint density at radius 1 is 1.62 bits per heavy atom. The number of allylic oxidation sites excluding steroid dienone is 1. The molecule has 0 aromatic carbocycles. The molecule has 1 nitrogen and oxygen atoms in total. The van der Waals surface area contributed by atoms with Gasteiger partial charge in [0, 0.05) is 0 Å². The Labute approximate surface area is 50.6 Å². The average Bonchev–Trinajstić information content (AvgIpc) is 1.90. The third-order valence-corrected chi connectivity index (χ3v) is 1.53. The minimum absolute atomic E-state index is 0.653. The highest BCUT2D eigenvalue weighted by molar-refractivity contribution is 5.03. The Kier molecular flexibility index (Phi) is 2.10. The molecule has 1 heteroatoms. The molecule has 1 atom stereocenters. The second kappa shape index (κ2) is 2.88. The molecule has 0 aromatic heterocycles. The second-order valence-electron chi connectivity index (χ2n) is 2.19. The lowest BCUT2D eigenvalue weighted by Crippen LogP contribution is -2.13. The van der Waals surface area contributed by atoms with E-state index in [0.717, 1.165) is 6.54 Å². The SMILES string of the molecule is NCC1C=C[CH]CC1. The summed E-state index contributed by atoms with van der Waals surface area (Å²) in [6.45, 7) is 0.810. The molecule has 0 spiro atoms. The van der Waals surface area contributed by atoms with Crippen LogP contribution in [0.2, 0.25) is 0 Å². The largest absolute Gasteiger partial charge is 0.330 e. The maximum Gasteiger partial charge on any atom is -0.00142 e. The van der Waals surface area contributed by atoms with Crippen molar-refractivity contribution in [1.29, 1.82) is 0 Å². The molecule has 45 valence electrons. The molecule has 0 aromatic rings. The van der Waals surface area contributed by atoms with Crippen LogP contribution < -0.4 is 5.73 Å². The molecule has 1 aliphatic carbocycles. The maximum atomic E-state index is 5.44. The predicted molar refractivity (Wildman–Crippen MR) is 35.2 cm³/mol. The Bertz CT molecular complexity index is 86.4. The van der Waals surface area contributed by atoms with E-state index in [9.17, 15) is 0 Å². The van der Waals surface area contributed by atoms with E-state index in [0.29, 0.717) is 5.92 Å². The molecule has 0 saturated heterocycles. The molecule has 8 heavy (non-hydrogen) atoms. The van der Waals surface area contributed by atoms with Crippen molar-refractivity contribution in [2.75, 3.05) is 6.54 Å². The third kappa shape index (κ3) is 1.34. The van der Waals surface area contributed by atoms with Gasteiger partial charge in [0.1, 0.15) is 0 Å². The van der Waals surface area contributed by atoms with Crippen LogP contribution in [0.4, 0.5) is 0 Å². The van der Waals surface area contributed by atoms with Gasteiger partial charge < -0.3 is 5.73 Å². The summed E-state index contributed by atoms with van der Waals surface area (Å²) in [4.78, 5) is 0. The van der Waals surface area contributed by atoms with Gasteiger partial charge in [-0.1, -0.05) is 12.2 Å². The fraction of sp³-hybridized carbons (Fsp3) is 0.571. The van der Waals surface area contributed by atoms with E-state index in [4.69, 9.17) is 5.73 Å². The van der Waals surface area contributed by atoms with Gasteiger partial charge in [0.05, 0.1) is 0 Å². The first-order valence-electron chi connectivity index (χ1n) is 3.13. The summed E-state index contributed by atoms with van der Waals surface area (Å²) < 4.78 is 0. The van der Waals surface area contributed by atoms with Crippen LogP contribution in [0, 0.1) is 12.3 Å². The van der Waals surface area contributed by atoms with Gasteiger partial charge in [-0.3, -0.25) is 0 Å². The van der Waals surface area contributed by atoms with Crippen LogP contribution in [0.3, 0.4) is 0 Å². The van der Waals surface area contributed by atoms with E-state index in [1.807, 2.05) is 0 Å². The van der Waals surface area contributed by atoms with Crippen molar-refractivity contribution in [2.24, 2.45) is 11.7 Å². The lowest BCUT2D eigenvalue weighted by atomic mass is 9.96. The van der Waals surface area contributed by atoms with E-state index in [2.05, 4.69) is 18.6 Å². The summed E-state index contributed by atoms with van der Waals surface area (Å²) >= 11 is 0. The first-order valence-corrected chi connectivity index (χ1v) is 3.13. The minimum atomic E-state index is 0.653. The van der Waals surface area contributed by atoms with Crippen molar-refractivity contribution >= 4 is 0 Å². The molecule has 0 aliphatic heterocycles. The standard InChI is InChI=1S/C7H12N/c8-6-7-4-2-1-3-5-7/h1-2,4,7H,3,5-6,8H2. The average molecular weight is 110 g/mol. The lowest BCUT2D eigenvalue weighted by molar-refractivity contribution is 0.586.